The number of benzene rings is 4. The molecule has 5 aromatic rings. The van der Waals surface area contributed by atoms with Gasteiger partial charge in [0.05, 0.1) is 28.9 Å². The number of nitrogens with one attached hydrogen (secondary N) is 2. The zero-order valence-electron chi connectivity index (χ0n) is 25.9. The Morgan fingerprint density at radius 2 is 1.92 bits per heavy atom. The number of thiazole rings is 1. The number of carbonyl (C=O) groups is 3. The summed E-state index contributed by atoms with van der Waals surface area (Å²) in [7, 11) is 1.55. The van der Waals surface area contributed by atoms with E-state index in [2.05, 4.69) is 15.6 Å². The normalized spacial score (nSPS) is 18.2. The zero-order valence-corrected chi connectivity index (χ0v) is 26.7. The SMILES string of the molecule is COc1ccc2cc1-c1cccc(c1)OCC(=O)NCc1cc(F)cc(c1)O[C@@H]1CCN(C(=O)c3ccc4scnc4c3)C[C@H]1NC2=O. The topological polar surface area (TPSA) is 119 Å². The maximum absolute atomic E-state index is 14.8. The molecule has 3 heterocycles. The number of methoxy groups -OCH3 is 1. The molecule has 10 nitrogen and oxygen atoms in total. The van der Waals surface area contributed by atoms with E-state index in [1.165, 1.54) is 23.5 Å². The fourth-order valence-electron chi connectivity index (χ4n) is 6.01. The lowest BCUT2D eigenvalue weighted by Gasteiger charge is -2.39. The minimum absolute atomic E-state index is 0.0514. The van der Waals surface area contributed by atoms with Crippen LogP contribution in [0.5, 0.6) is 17.2 Å². The summed E-state index contributed by atoms with van der Waals surface area (Å²) < 4.78 is 33.4. The third kappa shape index (κ3) is 6.65. The van der Waals surface area contributed by atoms with Crippen molar-refractivity contribution >= 4 is 39.3 Å². The summed E-state index contributed by atoms with van der Waals surface area (Å²) >= 11 is 1.50. The van der Waals surface area contributed by atoms with E-state index in [0.29, 0.717) is 46.7 Å². The van der Waals surface area contributed by atoms with E-state index in [9.17, 15) is 18.8 Å². The van der Waals surface area contributed by atoms with E-state index in [4.69, 9.17) is 14.2 Å². The van der Waals surface area contributed by atoms with Crippen LogP contribution in [0, 0.1) is 5.82 Å². The number of piperidine rings is 1. The average Bonchev–Trinajstić information content (AvgIpc) is 3.58. The predicted molar refractivity (Wildman–Crippen MR) is 178 cm³/mol. The molecule has 0 spiro atoms. The molecule has 2 atom stereocenters. The number of halogens is 1. The maximum atomic E-state index is 14.8. The van der Waals surface area contributed by atoms with Crippen molar-refractivity contribution < 1.29 is 33.0 Å². The molecule has 48 heavy (non-hydrogen) atoms. The Bertz CT molecular complexity index is 2030. The second-order valence-corrected chi connectivity index (χ2v) is 12.5. The smallest absolute Gasteiger partial charge is 0.258 e. The minimum atomic E-state index is -0.644. The van der Waals surface area contributed by atoms with Gasteiger partial charge in [-0.05, 0) is 71.8 Å². The Kier molecular flexibility index (Phi) is 8.64. The Labute approximate surface area is 279 Å². The van der Waals surface area contributed by atoms with E-state index in [1.54, 1.807) is 72.1 Å². The van der Waals surface area contributed by atoms with Gasteiger partial charge in [-0.15, -0.1) is 11.3 Å². The highest BCUT2D eigenvalue weighted by molar-refractivity contribution is 7.16. The van der Waals surface area contributed by atoms with E-state index in [0.717, 1.165) is 15.8 Å². The number of nitrogens with zero attached hydrogens (tertiary/aromatic N) is 2. The number of fused-ring (bicyclic) bond motifs is 9. The molecule has 7 rings (SSSR count). The summed E-state index contributed by atoms with van der Waals surface area (Å²) in [6.45, 7) is 0.311. The van der Waals surface area contributed by atoms with Gasteiger partial charge in [0.15, 0.2) is 6.61 Å². The van der Waals surface area contributed by atoms with Gasteiger partial charge in [-0.2, -0.15) is 0 Å². The van der Waals surface area contributed by atoms with Crippen molar-refractivity contribution in [2.45, 2.75) is 25.1 Å². The van der Waals surface area contributed by atoms with Gasteiger partial charge < -0.3 is 29.7 Å². The van der Waals surface area contributed by atoms with Crippen molar-refractivity contribution in [1.29, 1.82) is 0 Å². The first-order valence-electron chi connectivity index (χ1n) is 15.4. The van der Waals surface area contributed by atoms with Gasteiger partial charge >= 0.3 is 0 Å². The molecule has 4 aromatic carbocycles. The third-order valence-electron chi connectivity index (χ3n) is 8.42. The monoisotopic (exact) mass is 666 g/mol. The predicted octanol–water partition coefficient (Wildman–Crippen LogP) is 5.21. The van der Waals surface area contributed by atoms with Crippen LogP contribution in [-0.2, 0) is 11.3 Å². The van der Waals surface area contributed by atoms with Crippen molar-refractivity contribution in [1.82, 2.24) is 20.5 Å². The van der Waals surface area contributed by atoms with Crippen LogP contribution in [0.4, 0.5) is 4.39 Å². The Morgan fingerprint density at radius 1 is 1.02 bits per heavy atom. The molecule has 12 heteroatoms. The molecule has 1 fully saturated rings. The summed E-state index contributed by atoms with van der Waals surface area (Å²) in [6, 6.07) is 21.2. The first-order chi connectivity index (χ1) is 23.3. The standard InChI is InChI=1S/C36H31FN4O6S/c1-45-31-7-5-23-14-28(31)22-3-2-4-26(13-22)46-19-34(42)38-17-21-11-25(37)16-27(12-21)47-32-9-10-41(18-30(32)40-35(23)43)36(44)24-6-8-33-29(15-24)39-20-48-33/h2-8,11-16,20,30,32H,9-10,17-19H2,1H3,(H,38,42)(H,40,43)/t30-,32-/m1/s1. The Morgan fingerprint density at radius 3 is 2.79 bits per heavy atom. The number of hydrogen-bond donors (Lipinski definition) is 2. The maximum Gasteiger partial charge on any atom is 0.258 e. The largest absolute Gasteiger partial charge is 0.496 e. The number of ether oxygens (including phenoxy) is 3. The van der Waals surface area contributed by atoms with Gasteiger partial charge in [0.2, 0.25) is 0 Å². The van der Waals surface area contributed by atoms with E-state index < -0.39 is 18.0 Å². The highest BCUT2D eigenvalue weighted by atomic mass is 32.1. The number of hydrogen-bond acceptors (Lipinski definition) is 8. The van der Waals surface area contributed by atoms with Crippen molar-refractivity contribution in [3.63, 3.8) is 0 Å². The van der Waals surface area contributed by atoms with Gasteiger partial charge in [0.25, 0.3) is 17.7 Å². The van der Waals surface area contributed by atoms with Crippen LogP contribution in [0.25, 0.3) is 21.3 Å². The van der Waals surface area contributed by atoms with E-state index >= 15 is 0 Å². The number of aromatic nitrogens is 1. The number of rotatable bonds is 2. The van der Waals surface area contributed by atoms with Crippen molar-refractivity contribution in [2.24, 2.45) is 0 Å². The lowest BCUT2D eigenvalue weighted by atomic mass is 9.98. The molecule has 3 amide bonds. The second kappa shape index (κ2) is 13.3. The van der Waals surface area contributed by atoms with Crippen LogP contribution in [0.15, 0.2) is 84.4 Å². The lowest BCUT2D eigenvalue weighted by Crippen LogP contribution is -2.58. The van der Waals surface area contributed by atoms with Crippen LogP contribution < -0.4 is 24.8 Å². The van der Waals surface area contributed by atoms with E-state index in [-0.39, 0.29) is 43.2 Å². The number of amides is 3. The summed E-state index contributed by atoms with van der Waals surface area (Å²) in [5.74, 6) is -0.253. The fraction of sp³-hybridized carbons (Fsp3) is 0.222. The molecule has 2 aliphatic rings. The first kappa shape index (κ1) is 31.1. The molecular weight excluding hydrogens is 635 g/mol. The molecule has 0 saturated carbocycles. The van der Waals surface area contributed by atoms with Gasteiger partial charge in [0.1, 0.15) is 29.2 Å². The molecule has 1 saturated heterocycles. The second-order valence-electron chi connectivity index (χ2n) is 11.6. The van der Waals surface area contributed by atoms with Crippen molar-refractivity contribution in [2.75, 3.05) is 26.8 Å². The first-order valence-corrected chi connectivity index (χ1v) is 16.3. The van der Waals surface area contributed by atoms with Crippen LogP contribution in [0.2, 0.25) is 0 Å². The average molecular weight is 667 g/mol. The van der Waals surface area contributed by atoms with Crippen LogP contribution in [-0.4, -0.2) is 66.6 Å². The molecule has 6 bridgehead atoms. The molecule has 0 aliphatic carbocycles. The van der Waals surface area contributed by atoms with Gasteiger partial charge in [-0.25, -0.2) is 9.37 Å². The highest BCUT2D eigenvalue weighted by Gasteiger charge is 2.35. The molecule has 1 aromatic heterocycles. The lowest BCUT2D eigenvalue weighted by molar-refractivity contribution is -0.123. The summed E-state index contributed by atoms with van der Waals surface area (Å²) in [4.78, 5) is 46.2. The van der Waals surface area contributed by atoms with Gasteiger partial charge in [-0.3, -0.25) is 14.4 Å². The Hall–Kier alpha value is -5.49. The molecule has 2 N–H and O–H groups in total. The molecular formula is C36H31FN4O6S. The number of carbonyl (C=O) groups excluding carboxylic acids is 3. The molecule has 2 aliphatic heterocycles. The van der Waals surface area contributed by atoms with Gasteiger partial charge in [0, 0.05) is 48.8 Å². The summed E-state index contributed by atoms with van der Waals surface area (Å²) in [6.07, 6.45) is -0.218. The van der Waals surface area contributed by atoms with Crippen LogP contribution >= 0.6 is 11.3 Å². The quantitative estimate of drug-likeness (QED) is 0.266. The van der Waals surface area contributed by atoms with E-state index in [1.807, 2.05) is 12.1 Å². The summed E-state index contributed by atoms with van der Waals surface area (Å²) in [5, 5.41) is 5.85. The molecule has 244 valence electrons. The molecule has 0 radical (unpaired) electrons. The minimum Gasteiger partial charge on any atom is -0.496 e. The zero-order chi connectivity index (χ0) is 33.2. The van der Waals surface area contributed by atoms with Gasteiger partial charge in [-0.1, -0.05) is 12.1 Å². The molecule has 0 unspecified atom stereocenters. The highest BCUT2D eigenvalue weighted by Crippen LogP contribution is 2.33. The number of likely N-dealkylation sites (tertiary alicyclic amines) is 1. The summed E-state index contributed by atoms with van der Waals surface area (Å²) in [5.41, 5.74) is 5.20. The van der Waals surface area contributed by atoms with Crippen LogP contribution in [0.1, 0.15) is 32.7 Å². The fourth-order valence-corrected chi connectivity index (χ4v) is 6.67. The van der Waals surface area contributed by atoms with Crippen molar-refractivity contribution in [3.05, 3.63) is 107 Å². The van der Waals surface area contributed by atoms with Crippen molar-refractivity contribution in [3.8, 4) is 28.4 Å². The van der Waals surface area contributed by atoms with Crippen LogP contribution in [0.3, 0.4) is 0 Å². The third-order valence-corrected chi connectivity index (χ3v) is 9.23. The Balaban J connectivity index is 1.24.